The van der Waals surface area contributed by atoms with E-state index in [1.54, 1.807) is 6.07 Å². The highest BCUT2D eigenvalue weighted by molar-refractivity contribution is 6.07. The molecule has 7 nitrogen and oxygen atoms in total. The van der Waals surface area contributed by atoms with Crippen molar-refractivity contribution >= 4 is 23.2 Å². The summed E-state index contributed by atoms with van der Waals surface area (Å²) < 4.78 is 1.93. The van der Waals surface area contributed by atoms with Gasteiger partial charge in [0, 0.05) is 61.5 Å². The zero-order valence-electron chi connectivity index (χ0n) is 25.2. The Morgan fingerprint density at radius 2 is 1.60 bits per heavy atom. The zero-order valence-corrected chi connectivity index (χ0v) is 25.2. The zero-order chi connectivity index (χ0) is 29.6. The van der Waals surface area contributed by atoms with E-state index in [4.69, 9.17) is 0 Å². The van der Waals surface area contributed by atoms with Crippen molar-refractivity contribution in [3.8, 4) is 0 Å². The van der Waals surface area contributed by atoms with Crippen LogP contribution in [-0.2, 0) is 12.0 Å². The lowest BCUT2D eigenvalue weighted by Crippen LogP contribution is -2.47. The minimum Gasteiger partial charge on any atom is -0.369 e. The molecule has 0 spiro atoms. The van der Waals surface area contributed by atoms with E-state index in [-0.39, 0.29) is 28.7 Å². The minimum absolute atomic E-state index is 0.000795. The molecule has 220 valence electrons. The first kappa shape index (κ1) is 28.3. The van der Waals surface area contributed by atoms with E-state index < -0.39 is 0 Å². The van der Waals surface area contributed by atoms with Crippen molar-refractivity contribution in [2.24, 2.45) is 11.8 Å². The summed E-state index contributed by atoms with van der Waals surface area (Å²) in [6.45, 7) is 12.5. The Labute approximate surface area is 248 Å². The summed E-state index contributed by atoms with van der Waals surface area (Å²) in [6.07, 6.45) is 3.07. The molecule has 3 aliphatic rings. The molecule has 2 saturated heterocycles. The maximum atomic E-state index is 13.6. The van der Waals surface area contributed by atoms with Crippen LogP contribution in [0.2, 0.25) is 0 Å². The fraction of sp³-hybridized carbons (Fsp3) is 0.457. The molecule has 6 rings (SSSR count). The van der Waals surface area contributed by atoms with Crippen molar-refractivity contribution < 1.29 is 9.59 Å². The Hall–Kier alpha value is -3.87. The van der Waals surface area contributed by atoms with Crippen LogP contribution in [0, 0.1) is 11.8 Å². The molecule has 2 amide bonds. The smallest absolute Gasteiger partial charge is 0.255 e. The topological polar surface area (TPSA) is 74.7 Å². The number of anilines is 2. The molecule has 1 N–H and O–H groups in total. The summed E-state index contributed by atoms with van der Waals surface area (Å²) in [5.74, 6) is 1.03. The van der Waals surface area contributed by atoms with Crippen LogP contribution in [0.3, 0.4) is 0 Å². The normalized spacial score (nSPS) is 20.7. The lowest BCUT2D eigenvalue weighted by molar-refractivity contribution is 0.0697. The van der Waals surface area contributed by atoms with Gasteiger partial charge in [-0.2, -0.15) is 0 Å². The van der Waals surface area contributed by atoms with E-state index in [0.29, 0.717) is 35.2 Å². The van der Waals surface area contributed by atoms with Crippen LogP contribution in [0.15, 0.2) is 65.5 Å². The number of hydrogen-bond donors (Lipinski definition) is 1. The Kier molecular flexibility index (Phi) is 7.46. The van der Waals surface area contributed by atoms with E-state index >= 15 is 0 Å². The molecule has 2 atom stereocenters. The maximum absolute atomic E-state index is 13.6. The van der Waals surface area contributed by atoms with Crippen LogP contribution in [0.25, 0.3) is 0 Å². The molecule has 2 fully saturated rings. The number of rotatable bonds is 4. The van der Waals surface area contributed by atoms with E-state index in [1.807, 2.05) is 58.0 Å². The van der Waals surface area contributed by atoms with Crippen LogP contribution < -0.4 is 15.8 Å². The largest absolute Gasteiger partial charge is 0.369 e. The second-order valence-corrected chi connectivity index (χ2v) is 13.6. The molecule has 7 heteroatoms. The Bertz CT molecular complexity index is 1540. The number of nitrogens with one attached hydrogen (secondary N) is 1. The summed E-state index contributed by atoms with van der Waals surface area (Å²) >= 11 is 0. The number of benzene rings is 2. The highest BCUT2D eigenvalue weighted by Gasteiger charge is 2.35. The lowest BCUT2D eigenvalue weighted by atomic mass is 9.83. The molecule has 0 aliphatic carbocycles. The van der Waals surface area contributed by atoms with E-state index in [0.717, 1.165) is 56.8 Å². The standard InChI is InChI=1S/C35H42N4O3/c1-23-14-16-37(17-15-23)34(42)26-10-13-31(29(19-26)36-33(41)25-8-11-28(12-9-25)35(2,3)4)38-20-24-18-27(22-38)30-6-5-7-32(40)39(30)21-24/h5-13,19,23-24,27H,14-18,20-22H2,1-4H3,(H,36,41)/t24-,27+/m1/s1. The fourth-order valence-corrected chi connectivity index (χ4v) is 6.85. The van der Waals surface area contributed by atoms with Gasteiger partial charge in [0.15, 0.2) is 0 Å². The quantitative estimate of drug-likeness (QED) is 0.427. The average molecular weight is 567 g/mol. The van der Waals surface area contributed by atoms with Crippen molar-refractivity contribution in [2.45, 2.75) is 64.8 Å². The van der Waals surface area contributed by atoms with Gasteiger partial charge in [-0.3, -0.25) is 14.4 Å². The summed E-state index contributed by atoms with van der Waals surface area (Å²) in [4.78, 5) is 43.9. The first-order valence-corrected chi connectivity index (χ1v) is 15.4. The number of carbonyl (C=O) groups is 2. The number of amides is 2. The Morgan fingerprint density at radius 3 is 2.31 bits per heavy atom. The predicted octanol–water partition coefficient (Wildman–Crippen LogP) is 5.89. The van der Waals surface area contributed by atoms with Crippen LogP contribution in [-0.4, -0.2) is 47.5 Å². The van der Waals surface area contributed by atoms with Crippen molar-refractivity contribution in [1.82, 2.24) is 9.47 Å². The van der Waals surface area contributed by atoms with Gasteiger partial charge in [0.2, 0.25) is 0 Å². The second kappa shape index (κ2) is 11.1. The molecule has 0 unspecified atom stereocenters. The van der Waals surface area contributed by atoms with E-state index in [1.165, 1.54) is 5.56 Å². The maximum Gasteiger partial charge on any atom is 0.255 e. The Balaban J connectivity index is 1.31. The van der Waals surface area contributed by atoms with E-state index in [2.05, 4.69) is 44.0 Å². The summed E-state index contributed by atoms with van der Waals surface area (Å²) in [5, 5.41) is 3.18. The van der Waals surface area contributed by atoms with Gasteiger partial charge < -0.3 is 19.7 Å². The molecule has 2 bridgehead atoms. The fourth-order valence-electron chi connectivity index (χ4n) is 6.85. The number of nitrogens with zero attached hydrogens (tertiary/aromatic N) is 3. The third-order valence-corrected chi connectivity index (χ3v) is 9.40. The predicted molar refractivity (Wildman–Crippen MR) is 168 cm³/mol. The molecule has 3 aromatic rings. The van der Waals surface area contributed by atoms with Gasteiger partial charge in [0.1, 0.15) is 0 Å². The van der Waals surface area contributed by atoms with Crippen LogP contribution in [0.4, 0.5) is 11.4 Å². The molecular formula is C35H42N4O3. The van der Waals surface area contributed by atoms with Crippen LogP contribution >= 0.6 is 0 Å². The molecule has 1 aromatic heterocycles. The first-order chi connectivity index (χ1) is 20.1. The highest BCUT2D eigenvalue weighted by Crippen LogP contribution is 2.39. The number of hydrogen-bond acceptors (Lipinski definition) is 4. The number of piperidine rings is 2. The number of pyridine rings is 1. The van der Waals surface area contributed by atoms with Crippen LogP contribution in [0.5, 0.6) is 0 Å². The molecule has 42 heavy (non-hydrogen) atoms. The number of likely N-dealkylation sites (tertiary alicyclic amines) is 1. The molecule has 2 aromatic carbocycles. The lowest BCUT2D eigenvalue weighted by Gasteiger charge is -2.44. The van der Waals surface area contributed by atoms with Gasteiger partial charge in [0.25, 0.3) is 17.4 Å². The monoisotopic (exact) mass is 566 g/mol. The van der Waals surface area contributed by atoms with Crippen molar-refractivity contribution in [2.75, 3.05) is 36.4 Å². The number of carbonyl (C=O) groups excluding carboxylic acids is 2. The SMILES string of the molecule is CC1CCN(C(=O)c2ccc(N3C[C@H]4C[C@@H](C3)c3cccc(=O)n3C4)c(NC(=O)c3ccc(C(C)(C)C)cc3)c2)CC1. The summed E-state index contributed by atoms with van der Waals surface area (Å²) in [5.41, 5.74) is 5.07. The minimum atomic E-state index is -0.192. The van der Waals surface area contributed by atoms with Crippen LogP contribution in [0.1, 0.15) is 84.8 Å². The molecule has 0 radical (unpaired) electrons. The van der Waals surface area contributed by atoms with Crippen molar-refractivity contribution in [1.29, 1.82) is 0 Å². The van der Waals surface area contributed by atoms with Crippen molar-refractivity contribution in [3.63, 3.8) is 0 Å². The first-order valence-electron chi connectivity index (χ1n) is 15.4. The summed E-state index contributed by atoms with van der Waals surface area (Å²) in [6, 6.07) is 19.1. The van der Waals surface area contributed by atoms with Crippen molar-refractivity contribution in [3.05, 3.63) is 93.4 Å². The molecular weight excluding hydrogens is 524 g/mol. The summed E-state index contributed by atoms with van der Waals surface area (Å²) in [7, 11) is 0. The van der Waals surface area contributed by atoms with E-state index in [9.17, 15) is 14.4 Å². The molecule has 0 saturated carbocycles. The van der Waals surface area contributed by atoms with Gasteiger partial charge in [-0.05, 0) is 78.5 Å². The number of fused-ring (bicyclic) bond motifs is 4. The third-order valence-electron chi connectivity index (χ3n) is 9.40. The second-order valence-electron chi connectivity index (χ2n) is 13.6. The van der Waals surface area contributed by atoms with Gasteiger partial charge in [0.05, 0.1) is 11.4 Å². The third kappa shape index (κ3) is 5.61. The number of aromatic nitrogens is 1. The Morgan fingerprint density at radius 1 is 0.881 bits per heavy atom. The molecule has 4 heterocycles. The van der Waals surface area contributed by atoms with Gasteiger partial charge in [-0.15, -0.1) is 0 Å². The van der Waals surface area contributed by atoms with Gasteiger partial charge in [-0.25, -0.2) is 0 Å². The average Bonchev–Trinajstić information content (AvgIpc) is 2.97. The molecule has 3 aliphatic heterocycles. The highest BCUT2D eigenvalue weighted by atomic mass is 16.2. The van der Waals surface area contributed by atoms with Gasteiger partial charge >= 0.3 is 0 Å². The van der Waals surface area contributed by atoms with Gasteiger partial charge in [-0.1, -0.05) is 45.9 Å².